The highest BCUT2D eigenvalue weighted by Crippen LogP contribution is 2.45. The molecule has 3 heterocycles. The molecule has 2 unspecified atom stereocenters. The molecular weight excluding hydrogens is 624 g/mol. The SMILES string of the molecule is C=C[C@@H]1CC1(NC(=O)[C@@H]1C[C@@H](Oc2nc3ccccc3nc2-c2cccs2)CN1C(=O)C(C(C)C)N(O)C(=O)N(CC)CC)C(=O)O. The quantitative estimate of drug-likeness (QED) is 0.147. The van der Waals surface area contributed by atoms with Crippen LogP contribution in [0.1, 0.15) is 40.5 Å². The third-order valence-electron chi connectivity index (χ3n) is 8.82. The number of para-hydroxylation sites is 2. The van der Waals surface area contributed by atoms with Gasteiger partial charge in [-0.05, 0) is 49.8 Å². The summed E-state index contributed by atoms with van der Waals surface area (Å²) < 4.78 is 6.43. The molecule has 0 bridgehead atoms. The molecule has 2 fully saturated rings. The fraction of sp³-hybridized carbons (Fsp3) is 0.455. The van der Waals surface area contributed by atoms with Crippen molar-refractivity contribution in [3.8, 4) is 16.5 Å². The van der Waals surface area contributed by atoms with Gasteiger partial charge >= 0.3 is 12.0 Å². The number of rotatable bonds is 12. The maximum absolute atomic E-state index is 14.3. The van der Waals surface area contributed by atoms with Crippen LogP contribution in [0.15, 0.2) is 54.4 Å². The molecule has 2 aromatic heterocycles. The van der Waals surface area contributed by atoms with Crippen molar-refractivity contribution in [2.75, 3.05) is 19.6 Å². The number of likely N-dealkylation sites (tertiary alicyclic amines) is 1. The van der Waals surface area contributed by atoms with E-state index in [1.54, 1.807) is 33.8 Å². The number of carbonyl (C=O) groups is 4. The molecule has 250 valence electrons. The van der Waals surface area contributed by atoms with Crippen molar-refractivity contribution in [1.29, 1.82) is 0 Å². The van der Waals surface area contributed by atoms with Crippen LogP contribution in [-0.2, 0) is 14.4 Å². The Bertz CT molecular complexity index is 1660. The largest absolute Gasteiger partial charge is 0.479 e. The first-order valence-electron chi connectivity index (χ1n) is 15.7. The fourth-order valence-electron chi connectivity index (χ4n) is 6.09. The smallest absolute Gasteiger partial charge is 0.344 e. The number of hydroxylamine groups is 2. The number of hydrogen-bond donors (Lipinski definition) is 3. The first-order chi connectivity index (χ1) is 22.4. The molecule has 0 radical (unpaired) electrons. The third-order valence-corrected chi connectivity index (χ3v) is 9.70. The highest BCUT2D eigenvalue weighted by Gasteiger charge is 2.61. The van der Waals surface area contributed by atoms with Crippen molar-refractivity contribution in [2.24, 2.45) is 11.8 Å². The Morgan fingerprint density at radius 2 is 1.83 bits per heavy atom. The number of nitrogens with zero attached hydrogens (tertiary/aromatic N) is 5. The lowest BCUT2D eigenvalue weighted by atomic mass is 10.0. The molecule has 14 heteroatoms. The van der Waals surface area contributed by atoms with Crippen LogP contribution in [0.25, 0.3) is 21.6 Å². The predicted octanol–water partition coefficient (Wildman–Crippen LogP) is 4.03. The van der Waals surface area contributed by atoms with E-state index in [-0.39, 0.29) is 25.3 Å². The van der Waals surface area contributed by atoms with Crippen molar-refractivity contribution >= 4 is 46.2 Å². The number of carboxylic acids is 1. The van der Waals surface area contributed by atoms with Crippen LogP contribution in [0, 0.1) is 11.8 Å². The van der Waals surface area contributed by atoms with Crippen LogP contribution in [-0.4, -0.2) is 102 Å². The molecule has 3 N–H and O–H groups in total. The first kappa shape index (κ1) is 33.8. The van der Waals surface area contributed by atoms with Crippen LogP contribution >= 0.6 is 11.3 Å². The van der Waals surface area contributed by atoms with E-state index in [1.807, 2.05) is 35.7 Å². The Labute approximate surface area is 276 Å². The summed E-state index contributed by atoms with van der Waals surface area (Å²) in [6.45, 7) is 11.1. The van der Waals surface area contributed by atoms with Crippen molar-refractivity contribution < 1.29 is 34.2 Å². The molecule has 0 spiro atoms. The van der Waals surface area contributed by atoms with Crippen molar-refractivity contribution in [3.05, 3.63) is 54.4 Å². The van der Waals surface area contributed by atoms with Gasteiger partial charge in [-0.15, -0.1) is 17.9 Å². The summed E-state index contributed by atoms with van der Waals surface area (Å²) in [7, 11) is 0. The lowest BCUT2D eigenvalue weighted by Gasteiger charge is -2.35. The summed E-state index contributed by atoms with van der Waals surface area (Å²) in [6, 6.07) is 7.90. The maximum atomic E-state index is 14.3. The Morgan fingerprint density at radius 3 is 2.38 bits per heavy atom. The number of amides is 4. The molecule has 1 saturated carbocycles. The standard InChI is InChI=1S/C33H40N6O7S/c1-6-20-17-33(20,31(42)43)36-28(40)24-16-21(18-38(24)30(41)27(19(4)5)39(45)32(44)37(7-2)8-3)46-29-26(25-14-11-15-47-25)34-22-12-9-10-13-23(22)35-29/h6,9-15,19-21,24,27,45H,1,7-8,16-18H2,2-5H3,(H,36,40)(H,42,43)/t20-,21-,24+,27?,33?/m1/s1. The van der Waals surface area contributed by atoms with Gasteiger partial charge < -0.3 is 25.0 Å². The molecule has 5 atom stereocenters. The Balaban J connectivity index is 1.49. The van der Waals surface area contributed by atoms with Gasteiger partial charge in [0, 0.05) is 25.4 Å². The second-order valence-electron chi connectivity index (χ2n) is 12.1. The summed E-state index contributed by atoms with van der Waals surface area (Å²) >= 11 is 1.46. The molecule has 1 saturated heterocycles. The van der Waals surface area contributed by atoms with Gasteiger partial charge in [-0.2, -0.15) is 5.06 Å². The molecule has 2 aliphatic rings. The number of urea groups is 1. The second kappa shape index (κ2) is 13.7. The molecule has 47 heavy (non-hydrogen) atoms. The van der Waals surface area contributed by atoms with Crippen molar-refractivity contribution in [3.63, 3.8) is 0 Å². The lowest BCUT2D eigenvalue weighted by molar-refractivity contribution is -0.159. The highest BCUT2D eigenvalue weighted by atomic mass is 32.1. The number of fused-ring (bicyclic) bond motifs is 1. The number of nitrogens with one attached hydrogen (secondary N) is 1. The zero-order valence-corrected chi connectivity index (χ0v) is 27.6. The van der Waals surface area contributed by atoms with Gasteiger partial charge in [0.2, 0.25) is 17.7 Å². The minimum absolute atomic E-state index is 0.00461. The number of benzene rings is 1. The monoisotopic (exact) mass is 664 g/mol. The number of aliphatic carboxylic acids is 1. The van der Waals surface area contributed by atoms with Gasteiger partial charge in [-0.25, -0.2) is 19.6 Å². The minimum Gasteiger partial charge on any atom is -0.479 e. The van der Waals surface area contributed by atoms with Gasteiger partial charge in [-0.1, -0.05) is 38.1 Å². The van der Waals surface area contributed by atoms with E-state index in [4.69, 9.17) is 14.7 Å². The van der Waals surface area contributed by atoms with E-state index in [2.05, 4.69) is 11.9 Å². The van der Waals surface area contributed by atoms with Crippen molar-refractivity contribution in [1.82, 2.24) is 30.1 Å². The average Bonchev–Trinajstić information content (AvgIpc) is 3.34. The van der Waals surface area contributed by atoms with Gasteiger partial charge in [-0.3, -0.25) is 14.8 Å². The van der Waals surface area contributed by atoms with Crippen LogP contribution in [0.3, 0.4) is 0 Å². The second-order valence-corrected chi connectivity index (χ2v) is 13.1. The molecule has 1 aliphatic carbocycles. The Kier molecular flexibility index (Phi) is 9.82. The molecule has 1 aliphatic heterocycles. The Morgan fingerprint density at radius 1 is 1.15 bits per heavy atom. The van der Waals surface area contributed by atoms with Crippen LogP contribution in [0.2, 0.25) is 0 Å². The topological polar surface area (TPSA) is 165 Å². The minimum atomic E-state index is -1.53. The van der Waals surface area contributed by atoms with Crippen LogP contribution in [0.4, 0.5) is 4.79 Å². The van der Waals surface area contributed by atoms with Gasteiger partial charge in [0.1, 0.15) is 29.4 Å². The molecule has 13 nitrogen and oxygen atoms in total. The first-order valence-corrected chi connectivity index (χ1v) is 16.6. The lowest BCUT2D eigenvalue weighted by Crippen LogP contribution is -2.59. The van der Waals surface area contributed by atoms with E-state index in [1.165, 1.54) is 27.2 Å². The predicted molar refractivity (Wildman–Crippen MR) is 175 cm³/mol. The summed E-state index contributed by atoms with van der Waals surface area (Å²) in [6.07, 6.45) is 0.911. The highest BCUT2D eigenvalue weighted by molar-refractivity contribution is 7.13. The van der Waals surface area contributed by atoms with Gasteiger partial charge in [0.05, 0.1) is 22.5 Å². The van der Waals surface area contributed by atoms with Gasteiger partial charge in [0.15, 0.2) is 0 Å². The number of ether oxygens (including phenoxy) is 1. The normalized spacial score (nSPS) is 22.5. The summed E-state index contributed by atoms with van der Waals surface area (Å²) in [4.78, 5) is 66.5. The van der Waals surface area contributed by atoms with Crippen LogP contribution < -0.4 is 10.1 Å². The maximum Gasteiger partial charge on any atom is 0.344 e. The average molecular weight is 665 g/mol. The van der Waals surface area contributed by atoms with Crippen LogP contribution in [0.5, 0.6) is 5.88 Å². The summed E-state index contributed by atoms with van der Waals surface area (Å²) in [5.74, 6) is -3.32. The molecule has 4 amide bonds. The number of thiophene rings is 1. The molecular formula is C33H40N6O7S. The van der Waals surface area contributed by atoms with E-state index in [0.29, 0.717) is 34.9 Å². The Hall–Kier alpha value is -4.56. The zero-order chi connectivity index (χ0) is 34.0. The van der Waals surface area contributed by atoms with Crippen molar-refractivity contribution in [2.45, 2.75) is 64.3 Å². The number of hydrogen-bond acceptors (Lipinski definition) is 9. The van der Waals surface area contributed by atoms with E-state index >= 15 is 0 Å². The van der Waals surface area contributed by atoms with E-state index < -0.39 is 59.4 Å². The number of carboxylic acid groups (broad SMARTS) is 1. The molecule has 3 aromatic rings. The zero-order valence-electron chi connectivity index (χ0n) is 26.8. The number of carbonyl (C=O) groups excluding carboxylic acids is 3. The summed E-state index contributed by atoms with van der Waals surface area (Å²) in [5, 5.41) is 26.0. The fourth-order valence-corrected chi connectivity index (χ4v) is 6.80. The third kappa shape index (κ3) is 6.52. The molecule has 1 aromatic carbocycles. The molecule has 5 rings (SSSR count). The number of aromatic nitrogens is 2. The van der Waals surface area contributed by atoms with E-state index in [9.17, 15) is 29.5 Å². The van der Waals surface area contributed by atoms with Gasteiger partial charge in [0.25, 0.3) is 0 Å². The van der Waals surface area contributed by atoms with E-state index in [0.717, 1.165) is 4.88 Å². The summed E-state index contributed by atoms with van der Waals surface area (Å²) in [5.41, 5.74) is 0.250.